The topological polar surface area (TPSA) is 92.9 Å². The second-order valence-corrected chi connectivity index (χ2v) is 7.18. The van der Waals surface area contributed by atoms with Crippen molar-refractivity contribution in [3.05, 3.63) is 35.9 Å². The van der Waals surface area contributed by atoms with Crippen molar-refractivity contribution in [1.82, 2.24) is 9.80 Å². The number of carbonyl (C=O) groups excluding carboxylic acids is 3. The van der Waals surface area contributed by atoms with Crippen LogP contribution in [0.15, 0.2) is 30.3 Å². The molecular formula is C19H25N3O4. The van der Waals surface area contributed by atoms with Gasteiger partial charge in [0.15, 0.2) is 0 Å². The lowest BCUT2D eigenvalue weighted by atomic mass is 9.73. The number of primary amides is 1. The van der Waals surface area contributed by atoms with E-state index < -0.39 is 17.6 Å². The smallest absolute Gasteiger partial charge is 0.410 e. The number of amides is 3. The molecule has 2 saturated heterocycles. The molecule has 1 atom stereocenters. The molecule has 1 unspecified atom stereocenters. The second kappa shape index (κ2) is 7.35. The molecule has 2 N–H and O–H groups in total. The molecule has 3 amide bonds. The number of hydrogen-bond donors (Lipinski definition) is 1. The number of hydrogen-bond acceptors (Lipinski definition) is 4. The van der Waals surface area contributed by atoms with Gasteiger partial charge in [0, 0.05) is 19.6 Å². The van der Waals surface area contributed by atoms with Crippen LogP contribution >= 0.6 is 0 Å². The quantitative estimate of drug-likeness (QED) is 0.873. The maximum Gasteiger partial charge on any atom is 0.410 e. The third-order valence-electron chi connectivity index (χ3n) is 5.40. The van der Waals surface area contributed by atoms with Gasteiger partial charge in [-0.05, 0) is 31.2 Å². The lowest BCUT2D eigenvalue weighted by Crippen LogP contribution is -2.67. The Morgan fingerprint density at radius 3 is 2.50 bits per heavy atom. The number of carbonyl (C=O) groups is 3. The number of nitrogens with two attached hydrogens (primary N) is 1. The van der Waals surface area contributed by atoms with E-state index in [1.807, 2.05) is 30.3 Å². The first-order valence-corrected chi connectivity index (χ1v) is 8.94. The lowest BCUT2D eigenvalue weighted by Gasteiger charge is -2.50. The Balaban J connectivity index is 1.69. The van der Waals surface area contributed by atoms with E-state index in [2.05, 4.69) is 0 Å². The summed E-state index contributed by atoms with van der Waals surface area (Å²) in [5, 5.41) is 0. The fraction of sp³-hybridized carbons (Fsp3) is 0.526. The molecular weight excluding hydrogens is 334 g/mol. The first-order valence-electron chi connectivity index (χ1n) is 8.94. The van der Waals surface area contributed by atoms with Crippen LogP contribution < -0.4 is 5.73 Å². The minimum Gasteiger partial charge on any atom is -0.453 e. The fourth-order valence-electron chi connectivity index (χ4n) is 3.92. The molecule has 2 aliphatic heterocycles. The Labute approximate surface area is 153 Å². The van der Waals surface area contributed by atoms with Gasteiger partial charge in [-0.1, -0.05) is 30.3 Å². The van der Waals surface area contributed by atoms with Crippen molar-refractivity contribution in [3.63, 3.8) is 0 Å². The average Bonchev–Trinajstić information content (AvgIpc) is 2.63. The van der Waals surface area contributed by atoms with Crippen LogP contribution in [0.25, 0.3) is 0 Å². The summed E-state index contributed by atoms with van der Waals surface area (Å²) in [7, 11) is 1.32. The van der Waals surface area contributed by atoms with Gasteiger partial charge in [-0.15, -0.1) is 0 Å². The molecule has 2 fully saturated rings. The van der Waals surface area contributed by atoms with E-state index in [1.165, 1.54) is 12.0 Å². The zero-order chi connectivity index (χ0) is 18.7. The summed E-state index contributed by atoms with van der Waals surface area (Å²) in [5.41, 5.74) is 5.94. The summed E-state index contributed by atoms with van der Waals surface area (Å²) < 4.78 is 4.80. The molecule has 0 saturated carbocycles. The molecule has 0 aromatic heterocycles. The van der Waals surface area contributed by atoms with Gasteiger partial charge in [-0.2, -0.15) is 0 Å². The number of nitrogens with zero attached hydrogens (tertiary/aromatic N) is 2. The van der Waals surface area contributed by atoms with Crippen molar-refractivity contribution < 1.29 is 19.1 Å². The van der Waals surface area contributed by atoms with E-state index in [9.17, 15) is 14.4 Å². The number of ether oxygens (including phenoxy) is 1. The van der Waals surface area contributed by atoms with E-state index in [0.29, 0.717) is 32.5 Å². The van der Waals surface area contributed by atoms with Crippen molar-refractivity contribution in [1.29, 1.82) is 0 Å². The Morgan fingerprint density at radius 1 is 1.19 bits per heavy atom. The molecule has 0 bridgehead atoms. The Kier molecular flexibility index (Phi) is 5.15. The summed E-state index contributed by atoms with van der Waals surface area (Å²) in [6, 6.07) is 9.15. The van der Waals surface area contributed by atoms with Crippen LogP contribution in [0.1, 0.15) is 24.8 Å². The molecule has 1 aromatic rings. The highest BCUT2D eigenvalue weighted by atomic mass is 16.5. The van der Waals surface area contributed by atoms with Crippen molar-refractivity contribution in [2.45, 2.75) is 31.7 Å². The van der Waals surface area contributed by atoms with E-state index in [0.717, 1.165) is 18.4 Å². The molecule has 7 heteroatoms. The van der Waals surface area contributed by atoms with Crippen molar-refractivity contribution in [3.8, 4) is 0 Å². The second-order valence-electron chi connectivity index (χ2n) is 7.18. The number of methoxy groups -OCH3 is 1. The molecule has 0 radical (unpaired) electrons. The Hall–Kier alpha value is -2.57. The number of benzene rings is 1. The van der Waals surface area contributed by atoms with Crippen LogP contribution in [0.5, 0.6) is 0 Å². The van der Waals surface area contributed by atoms with Crippen molar-refractivity contribution in [2.75, 3.05) is 26.7 Å². The van der Waals surface area contributed by atoms with Gasteiger partial charge >= 0.3 is 6.09 Å². The Bertz CT molecular complexity index is 685. The van der Waals surface area contributed by atoms with Gasteiger partial charge < -0.3 is 15.4 Å². The molecule has 0 spiro atoms. The van der Waals surface area contributed by atoms with Gasteiger partial charge in [0.05, 0.1) is 12.5 Å². The van der Waals surface area contributed by atoms with Crippen molar-refractivity contribution in [2.24, 2.45) is 11.1 Å². The zero-order valence-corrected chi connectivity index (χ0v) is 15.0. The van der Waals surface area contributed by atoms with Crippen LogP contribution in [0, 0.1) is 5.41 Å². The number of piperidine rings is 1. The molecule has 3 rings (SSSR count). The fourth-order valence-corrected chi connectivity index (χ4v) is 3.92. The summed E-state index contributed by atoms with van der Waals surface area (Å²) in [4.78, 5) is 40.0. The van der Waals surface area contributed by atoms with Crippen LogP contribution in [0.3, 0.4) is 0 Å². The van der Waals surface area contributed by atoms with Gasteiger partial charge in [0.2, 0.25) is 11.8 Å². The Morgan fingerprint density at radius 2 is 1.88 bits per heavy atom. The summed E-state index contributed by atoms with van der Waals surface area (Å²) in [6.45, 7) is 1.10. The molecule has 2 aliphatic rings. The number of rotatable bonds is 4. The number of likely N-dealkylation sites (tertiary alicyclic amines) is 2. The molecule has 0 aliphatic carbocycles. The first kappa shape index (κ1) is 18.2. The average molecular weight is 359 g/mol. The minimum absolute atomic E-state index is 0.125. The van der Waals surface area contributed by atoms with Gasteiger partial charge in [0.25, 0.3) is 0 Å². The molecule has 2 heterocycles. The standard InChI is InChI=1S/C19H25N3O4/c1-26-18(25)22-10-6-5-9-15(22)16(23)21-12-19(13-21,17(20)24)11-14-7-3-2-4-8-14/h2-4,7-8,15H,5-6,9-13H2,1H3,(H2,20,24). The van der Waals surface area contributed by atoms with Crippen LogP contribution in [0.4, 0.5) is 4.79 Å². The molecule has 7 nitrogen and oxygen atoms in total. The first-order chi connectivity index (χ1) is 12.5. The van der Waals surface area contributed by atoms with Gasteiger partial charge in [-0.3, -0.25) is 14.5 Å². The molecule has 1 aromatic carbocycles. The van der Waals surface area contributed by atoms with Gasteiger partial charge in [0.1, 0.15) is 6.04 Å². The summed E-state index contributed by atoms with van der Waals surface area (Å²) in [5.74, 6) is -0.515. The zero-order valence-electron chi connectivity index (χ0n) is 15.0. The van der Waals surface area contributed by atoms with E-state index in [4.69, 9.17) is 10.5 Å². The molecule has 140 valence electrons. The minimum atomic E-state index is -0.734. The van der Waals surface area contributed by atoms with E-state index in [1.54, 1.807) is 4.90 Å². The van der Waals surface area contributed by atoms with Crippen LogP contribution in [-0.2, 0) is 20.7 Å². The monoisotopic (exact) mass is 359 g/mol. The van der Waals surface area contributed by atoms with E-state index in [-0.39, 0.29) is 11.8 Å². The van der Waals surface area contributed by atoms with Crippen LogP contribution in [-0.4, -0.2) is 60.5 Å². The maximum absolute atomic E-state index is 12.9. The largest absolute Gasteiger partial charge is 0.453 e. The van der Waals surface area contributed by atoms with Crippen molar-refractivity contribution >= 4 is 17.9 Å². The maximum atomic E-state index is 12.9. The predicted octanol–water partition coefficient (Wildman–Crippen LogP) is 1.16. The summed E-state index contributed by atoms with van der Waals surface area (Å²) in [6.07, 6.45) is 2.40. The third-order valence-corrected chi connectivity index (χ3v) is 5.40. The van der Waals surface area contributed by atoms with Gasteiger partial charge in [-0.25, -0.2) is 4.79 Å². The van der Waals surface area contributed by atoms with E-state index >= 15 is 0 Å². The normalized spacial score (nSPS) is 21.7. The highest BCUT2D eigenvalue weighted by Gasteiger charge is 2.51. The SMILES string of the molecule is COC(=O)N1CCCCC1C(=O)N1CC(Cc2ccccc2)(C(N)=O)C1. The molecule has 26 heavy (non-hydrogen) atoms. The van der Waals surface area contributed by atoms with Crippen LogP contribution in [0.2, 0.25) is 0 Å². The predicted molar refractivity (Wildman–Crippen MR) is 95.1 cm³/mol. The third kappa shape index (κ3) is 3.38. The summed E-state index contributed by atoms with van der Waals surface area (Å²) >= 11 is 0. The highest BCUT2D eigenvalue weighted by Crippen LogP contribution is 2.35. The lowest BCUT2D eigenvalue weighted by molar-refractivity contribution is -0.156. The highest BCUT2D eigenvalue weighted by molar-refractivity contribution is 5.90.